The van der Waals surface area contributed by atoms with Crippen LogP contribution in [-0.2, 0) is 0 Å². The summed E-state index contributed by atoms with van der Waals surface area (Å²) in [7, 11) is 0. The van der Waals surface area contributed by atoms with Crippen molar-refractivity contribution < 1.29 is 4.39 Å². The van der Waals surface area contributed by atoms with Crippen LogP contribution in [0.4, 0.5) is 4.39 Å². The molecule has 0 radical (unpaired) electrons. The largest absolute Gasteiger partial charge is 0.383 e. The van der Waals surface area contributed by atoms with Crippen molar-refractivity contribution >= 4 is 11.3 Å². The molecule has 3 aliphatic rings. The topological polar surface area (TPSA) is 65.3 Å². The van der Waals surface area contributed by atoms with E-state index >= 15 is 0 Å². The summed E-state index contributed by atoms with van der Waals surface area (Å²) < 4.78 is 14.2. The minimum absolute atomic E-state index is 0.112. The molecule has 2 heterocycles. The third-order valence-corrected chi connectivity index (χ3v) is 7.33. The number of nitrogens with two attached hydrogens (primary N) is 1. The van der Waals surface area contributed by atoms with Crippen LogP contribution in [0.15, 0.2) is 65.3 Å². The van der Waals surface area contributed by atoms with Crippen LogP contribution in [0.25, 0.3) is 11.3 Å². The van der Waals surface area contributed by atoms with Gasteiger partial charge < -0.3 is 16.1 Å². The highest BCUT2D eigenvalue weighted by molar-refractivity contribution is 5.74. The normalized spacial score (nSPS) is 22.9. The van der Waals surface area contributed by atoms with Gasteiger partial charge in [0, 0.05) is 42.6 Å². The Kier molecular flexibility index (Phi) is 8.14. The van der Waals surface area contributed by atoms with Gasteiger partial charge in [0.25, 0.3) is 0 Å². The summed E-state index contributed by atoms with van der Waals surface area (Å²) in [6, 6.07) is 7.50. The highest BCUT2D eigenvalue weighted by atomic mass is 19.1. The molecule has 35 heavy (non-hydrogen) atoms. The van der Waals surface area contributed by atoms with E-state index in [1.165, 1.54) is 16.7 Å². The van der Waals surface area contributed by atoms with E-state index in [4.69, 9.17) is 5.84 Å². The lowest BCUT2D eigenvalue weighted by Crippen LogP contribution is -2.34. The van der Waals surface area contributed by atoms with Crippen LogP contribution in [0.1, 0.15) is 76.1 Å². The Bertz CT molecular complexity index is 1090. The lowest BCUT2D eigenvalue weighted by atomic mass is 9.88. The van der Waals surface area contributed by atoms with Gasteiger partial charge >= 0.3 is 0 Å². The van der Waals surface area contributed by atoms with E-state index in [1.807, 2.05) is 19.9 Å². The summed E-state index contributed by atoms with van der Waals surface area (Å²) in [6.07, 6.45) is 11.6. The van der Waals surface area contributed by atoms with E-state index in [0.29, 0.717) is 18.0 Å². The van der Waals surface area contributed by atoms with Crippen molar-refractivity contribution in [1.82, 2.24) is 21.0 Å². The van der Waals surface area contributed by atoms with Gasteiger partial charge in [0.05, 0.1) is 11.7 Å². The lowest BCUT2D eigenvalue weighted by molar-refractivity contribution is 0.245. The average molecular weight is 478 g/mol. The van der Waals surface area contributed by atoms with E-state index in [-0.39, 0.29) is 11.9 Å². The van der Waals surface area contributed by atoms with Crippen molar-refractivity contribution in [3.8, 4) is 0 Å². The van der Waals surface area contributed by atoms with Crippen LogP contribution >= 0.6 is 0 Å². The molecule has 0 aromatic heterocycles. The van der Waals surface area contributed by atoms with E-state index < -0.39 is 0 Å². The minimum Gasteiger partial charge on any atom is -0.383 e. The monoisotopic (exact) mass is 477 g/mol. The zero-order valence-electron chi connectivity index (χ0n) is 21.5. The average Bonchev–Trinajstić information content (AvgIpc) is 3.01. The van der Waals surface area contributed by atoms with Crippen molar-refractivity contribution in [3.63, 3.8) is 0 Å². The molecular formula is C29H40FN5. The maximum absolute atomic E-state index is 14.2. The molecule has 188 valence electrons. The summed E-state index contributed by atoms with van der Waals surface area (Å²) in [5.41, 5.74) is 11.5. The van der Waals surface area contributed by atoms with Gasteiger partial charge in [-0.05, 0) is 93.9 Å². The smallest absolute Gasteiger partial charge is 0.122 e. The van der Waals surface area contributed by atoms with E-state index in [9.17, 15) is 4.39 Å². The van der Waals surface area contributed by atoms with Gasteiger partial charge in [-0.2, -0.15) is 0 Å². The van der Waals surface area contributed by atoms with Crippen LogP contribution in [0.3, 0.4) is 0 Å². The molecule has 0 saturated heterocycles. The number of hydrogen-bond acceptors (Lipinski definition) is 5. The number of rotatable bonds is 5. The van der Waals surface area contributed by atoms with Gasteiger partial charge in [-0.25, -0.2) is 4.39 Å². The molecule has 4 rings (SSSR count). The molecule has 0 bridgehead atoms. The Morgan fingerprint density at radius 3 is 2.77 bits per heavy atom. The number of halogens is 1. The zero-order valence-corrected chi connectivity index (χ0v) is 21.5. The molecule has 1 atom stereocenters. The number of hydrogen-bond donors (Lipinski definition) is 4. The predicted octanol–water partition coefficient (Wildman–Crippen LogP) is 5.44. The van der Waals surface area contributed by atoms with Gasteiger partial charge in [-0.15, -0.1) is 0 Å². The van der Waals surface area contributed by atoms with Crippen LogP contribution in [0, 0.1) is 0 Å². The molecule has 1 aromatic rings. The molecule has 0 saturated carbocycles. The fourth-order valence-corrected chi connectivity index (χ4v) is 5.13. The minimum atomic E-state index is -0.142. The Morgan fingerprint density at radius 1 is 1.23 bits per heavy atom. The molecule has 0 amide bonds. The molecule has 1 aliphatic carbocycles. The van der Waals surface area contributed by atoms with E-state index in [0.717, 1.165) is 61.6 Å². The van der Waals surface area contributed by atoms with Gasteiger partial charge in [-0.1, -0.05) is 24.3 Å². The maximum atomic E-state index is 14.2. The first-order chi connectivity index (χ1) is 16.9. The second-order valence-electron chi connectivity index (χ2n) is 10.1. The Hall–Kier alpha value is -2.83. The van der Waals surface area contributed by atoms with Crippen molar-refractivity contribution in [2.45, 2.75) is 65.5 Å². The fourth-order valence-electron chi connectivity index (χ4n) is 5.13. The first-order valence-electron chi connectivity index (χ1n) is 12.9. The molecule has 1 aromatic carbocycles. The van der Waals surface area contributed by atoms with Crippen molar-refractivity contribution in [1.29, 1.82) is 0 Å². The maximum Gasteiger partial charge on any atom is 0.122 e. The first kappa shape index (κ1) is 25.3. The second-order valence-corrected chi connectivity index (χ2v) is 10.1. The molecule has 5 nitrogen and oxygen atoms in total. The molecule has 2 aliphatic heterocycles. The lowest BCUT2D eigenvalue weighted by Gasteiger charge is -2.31. The number of benzene rings is 1. The number of nitrogens with zero attached hydrogens (tertiary/aromatic N) is 1. The quantitative estimate of drug-likeness (QED) is 0.336. The molecular weight excluding hydrogens is 437 g/mol. The molecule has 1 unspecified atom stereocenters. The van der Waals surface area contributed by atoms with Gasteiger partial charge in [0.15, 0.2) is 0 Å². The number of hydrazine groups is 1. The highest BCUT2D eigenvalue weighted by Crippen LogP contribution is 2.35. The number of allylic oxidation sites excluding steroid dienone is 6. The summed E-state index contributed by atoms with van der Waals surface area (Å²) in [4.78, 5) is 2.50. The Labute approximate surface area is 209 Å². The Morgan fingerprint density at radius 2 is 2.06 bits per heavy atom. The standard InChI is InChI=1S/C29H40FN5/c1-19(2)35-15-12-22(13-16-35)23-10-11-25-26(18-23)28(9-6-14-32-29(25)21(4)34-31)33-24-7-5-8-27(30)20(3)17-24/h7-8,10-12,17-19,28,32-34H,5-6,9,13-16,31H2,1-4H3/b29-21-. The summed E-state index contributed by atoms with van der Waals surface area (Å²) in [5, 5.41) is 7.35. The summed E-state index contributed by atoms with van der Waals surface area (Å²) in [5.74, 6) is 5.69. The van der Waals surface area contributed by atoms with E-state index in [1.54, 1.807) is 6.08 Å². The van der Waals surface area contributed by atoms with Crippen molar-refractivity contribution in [3.05, 3.63) is 82.0 Å². The van der Waals surface area contributed by atoms with Crippen LogP contribution in [-0.4, -0.2) is 30.6 Å². The zero-order chi connectivity index (χ0) is 24.9. The molecule has 0 spiro atoms. The Balaban J connectivity index is 1.74. The third kappa shape index (κ3) is 5.88. The third-order valence-electron chi connectivity index (χ3n) is 7.33. The van der Waals surface area contributed by atoms with E-state index in [2.05, 4.69) is 65.2 Å². The fraction of sp³-hybridized carbons (Fsp3) is 0.448. The van der Waals surface area contributed by atoms with Crippen LogP contribution in [0.2, 0.25) is 0 Å². The van der Waals surface area contributed by atoms with Crippen molar-refractivity contribution in [2.24, 2.45) is 5.84 Å². The van der Waals surface area contributed by atoms with Crippen molar-refractivity contribution in [2.75, 3.05) is 19.6 Å². The van der Waals surface area contributed by atoms with Crippen LogP contribution < -0.4 is 21.9 Å². The number of fused-ring (bicyclic) bond motifs is 1. The molecule has 5 N–H and O–H groups in total. The van der Waals surface area contributed by atoms with Gasteiger partial charge in [-0.3, -0.25) is 10.7 Å². The second kappa shape index (κ2) is 11.3. The SMILES string of the molecule is CC1=CC(NC2CCCN/C(=C(/C)NN)c3ccc(C4=CCN(C(C)C)CC4)cc32)=CCC=C1F. The number of nitrogens with one attached hydrogen (secondary N) is 3. The predicted molar refractivity (Wildman–Crippen MR) is 144 cm³/mol. The van der Waals surface area contributed by atoms with Gasteiger partial charge in [0.1, 0.15) is 5.83 Å². The summed E-state index contributed by atoms with van der Waals surface area (Å²) in [6.45, 7) is 11.3. The summed E-state index contributed by atoms with van der Waals surface area (Å²) >= 11 is 0. The van der Waals surface area contributed by atoms with Crippen LogP contribution in [0.5, 0.6) is 0 Å². The molecule has 6 heteroatoms. The first-order valence-corrected chi connectivity index (χ1v) is 12.9. The highest BCUT2D eigenvalue weighted by Gasteiger charge is 2.24. The molecule has 0 fully saturated rings. The van der Waals surface area contributed by atoms with Gasteiger partial charge in [0.2, 0.25) is 0 Å².